The van der Waals surface area contributed by atoms with E-state index >= 15 is 0 Å². The molecule has 2 unspecified atom stereocenters. The number of hydrogen-bond acceptors (Lipinski definition) is 3. The first kappa shape index (κ1) is 13.5. The van der Waals surface area contributed by atoms with Crippen molar-refractivity contribution in [2.75, 3.05) is 13.2 Å². The molecular weight excluding hydrogens is 250 g/mol. The number of benzene rings is 1. The van der Waals surface area contributed by atoms with E-state index < -0.39 is 10.0 Å². The van der Waals surface area contributed by atoms with Crippen molar-refractivity contribution >= 4 is 10.0 Å². The van der Waals surface area contributed by atoms with Gasteiger partial charge in [0.25, 0.3) is 0 Å². The van der Waals surface area contributed by atoms with Crippen molar-refractivity contribution in [1.29, 1.82) is 0 Å². The van der Waals surface area contributed by atoms with Crippen LogP contribution in [0, 0.1) is 12.8 Å². The number of rotatable bonds is 4. The maximum Gasteiger partial charge on any atom is 0.240 e. The molecule has 1 aliphatic heterocycles. The summed E-state index contributed by atoms with van der Waals surface area (Å²) in [5.74, 6) is 0.267. The van der Waals surface area contributed by atoms with Gasteiger partial charge in [-0.2, -0.15) is 0 Å². The summed E-state index contributed by atoms with van der Waals surface area (Å²) < 4.78 is 32.4. The molecule has 4 nitrogen and oxygen atoms in total. The molecule has 0 radical (unpaired) electrons. The zero-order valence-electron chi connectivity index (χ0n) is 10.7. The van der Waals surface area contributed by atoms with E-state index in [9.17, 15) is 8.42 Å². The molecule has 0 amide bonds. The molecular formula is C13H19NO3S. The van der Waals surface area contributed by atoms with Crippen molar-refractivity contribution < 1.29 is 13.2 Å². The van der Waals surface area contributed by atoms with Gasteiger partial charge in [0, 0.05) is 19.1 Å². The second-order valence-corrected chi connectivity index (χ2v) is 6.48. The Bertz CT molecular complexity index is 513. The van der Waals surface area contributed by atoms with Crippen molar-refractivity contribution in [2.24, 2.45) is 5.92 Å². The van der Waals surface area contributed by atoms with E-state index in [1.54, 1.807) is 25.1 Å². The van der Waals surface area contributed by atoms with Crippen LogP contribution in [0.3, 0.4) is 0 Å². The monoisotopic (exact) mass is 269 g/mol. The van der Waals surface area contributed by atoms with Gasteiger partial charge in [0.05, 0.1) is 11.0 Å². The lowest BCUT2D eigenvalue weighted by molar-refractivity contribution is 0.107. The fraction of sp³-hybridized carbons (Fsp3) is 0.538. The van der Waals surface area contributed by atoms with E-state index in [0.29, 0.717) is 11.4 Å². The average Bonchev–Trinajstić information content (AvgIpc) is 2.73. The first-order chi connectivity index (χ1) is 8.50. The Labute approximate surface area is 108 Å². The van der Waals surface area contributed by atoms with Gasteiger partial charge in [-0.25, -0.2) is 13.1 Å². The Morgan fingerprint density at radius 2 is 2.11 bits per heavy atom. The van der Waals surface area contributed by atoms with Crippen LogP contribution in [-0.4, -0.2) is 27.7 Å². The minimum atomic E-state index is -3.41. The Balaban J connectivity index is 2.06. The molecule has 1 aromatic rings. The van der Waals surface area contributed by atoms with Crippen LogP contribution < -0.4 is 4.72 Å². The highest BCUT2D eigenvalue weighted by Gasteiger charge is 2.26. The number of ether oxygens (including phenoxy) is 1. The Kier molecular flexibility index (Phi) is 4.04. The Hall–Kier alpha value is -0.910. The summed E-state index contributed by atoms with van der Waals surface area (Å²) >= 11 is 0. The van der Waals surface area contributed by atoms with Crippen LogP contribution in [0.4, 0.5) is 0 Å². The lowest BCUT2D eigenvalue weighted by atomic mass is 10.0. The summed E-state index contributed by atoms with van der Waals surface area (Å²) in [5.41, 5.74) is 0.765. The van der Waals surface area contributed by atoms with Crippen molar-refractivity contribution in [3.8, 4) is 0 Å². The molecule has 0 aromatic heterocycles. The lowest BCUT2D eigenvalue weighted by Gasteiger charge is -2.15. The summed E-state index contributed by atoms with van der Waals surface area (Å²) in [4.78, 5) is 0.358. The second-order valence-electron chi connectivity index (χ2n) is 4.74. The van der Waals surface area contributed by atoms with Crippen LogP contribution in [0.15, 0.2) is 29.2 Å². The van der Waals surface area contributed by atoms with Crippen LogP contribution in [0.5, 0.6) is 0 Å². The van der Waals surface area contributed by atoms with Gasteiger partial charge in [-0.1, -0.05) is 18.2 Å². The number of sulfonamides is 1. The van der Waals surface area contributed by atoms with Gasteiger partial charge in [-0.3, -0.25) is 0 Å². The van der Waals surface area contributed by atoms with Gasteiger partial charge >= 0.3 is 0 Å². The third-order valence-electron chi connectivity index (χ3n) is 3.45. The van der Waals surface area contributed by atoms with E-state index in [4.69, 9.17) is 4.74 Å². The maximum absolute atomic E-state index is 12.2. The third kappa shape index (κ3) is 2.91. The molecule has 1 heterocycles. The van der Waals surface area contributed by atoms with Crippen molar-refractivity contribution in [3.63, 3.8) is 0 Å². The van der Waals surface area contributed by atoms with Gasteiger partial charge in [0.1, 0.15) is 0 Å². The molecule has 1 fully saturated rings. The first-order valence-electron chi connectivity index (χ1n) is 6.17. The normalized spacial score (nSPS) is 24.3. The third-order valence-corrected chi connectivity index (χ3v) is 5.04. The smallest absolute Gasteiger partial charge is 0.240 e. The zero-order chi connectivity index (χ0) is 13.2. The number of aryl methyl sites for hydroxylation is 1. The van der Waals surface area contributed by atoms with Gasteiger partial charge in [0.15, 0.2) is 0 Å². The summed E-state index contributed by atoms with van der Waals surface area (Å²) in [6.45, 7) is 4.95. The molecule has 100 valence electrons. The summed E-state index contributed by atoms with van der Waals surface area (Å²) in [5, 5.41) is 0. The summed E-state index contributed by atoms with van der Waals surface area (Å²) in [7, 11) is -3.41. The molecule has 0 saturated carbocycles. The zero-order valence-corrected chi connectivity index (χ0v) is 11.5. The Morgan fingerprint density at radius 3 is 2.72 bits per heavy atom. The molecule has 0 spiro atoms. The molecule has 5 heteroatoms. The molecule has 1 aliphatic rings. The summed E-state index contributed by atoms with van der Waals surface area (Å²) in [6, 6.07) is 7.01. The highest BCUT2D eigenvalue weighted by molar-refractivity contribution is 7.89. The van der Waals surface area contributed by atoms with Gasteiger partial charge in [0.2, 0.25) is 10.0 Å². The van der Waals surface area contributed by atoms with Crippen molar-refractivity contribution in [1.82, 2.24) is 4.72 Å². The van der Waals surface area contributed by atoms with Crippen LogP contribution in [-0.2, 0) is 14.8 Å². The highest BCUT2D eigenvalue weighted by Crippen LogP contribution is 2.20. The van der Waals surface area contributed by atoms with Gasteiger partial charge < -0.3 is 4.74 Å². The van der Waals surface area contributed by atoms with Gasteiger partial charge in [-0.05, 0) is 31.9 Å². The number of nitrogens with one attached hydrogen (secondary N) is 1. The van der Waals surface area contributed by atoms with Crippen molar-refractivity contribution in [2.45, 2.75) is 31.3 Å². The topological polar surface area (TPSA) is 55.4 Å². The fourth-order valence-electron chi connectivity index (χ4n) is 2.20. The maximum atomic E-state index is 12.2. The predicted octanol–water partition coefficient (Wildman–Crippen LogP) is 1.70. The van der Waals surface area contributed by atoms with Crippen molar-refractivity contribution in [3.05, 3.63) is 29.8 Å². The van der Waals surface area contributed by atoms with E-state index in [1.165, 1.54) is 0 Å². The Morgan fingerprint density at radius 1 is 1.39 bits per heavy atom. The first-order valence-corrected chi connectivity index (χ1v) is 7.66. The quantitative estimate of drug-likeness (QED) is 0.905. The molecule has 2 atom stereocenters. The lowest BCUT2D eigenvalue weighted by Crippen LogP contribution is -2.32. The SMILES string of the molecule is Cc1ccccc1S(=O)(=O)NCC1CCOC1C. The van der Waals surface area contributed by atoms with Crippen LogP contribution in [0.25, 0.3) is 0 Å². The predicted molar refractivity (Wildman–Crippen MR) is 69.9 cm³/mol. The highest BCUT2D eigenvalue weighted by atomic mass is 32.2. The van der Waals surface area contributed by atoms with Gasteiger partial charge in [-0.15, -0.1) is 0 Å². The molecule has 1 aromatic carbocycles. The van der Waals surface area contributed by atoms with E-state index in [1.807, 2.05) is 13.0 Å². The molecule has 0 aliphatic carbocycles. The minimum absolute atomic E-state index is 0.129. The largest absolute Gasteiger partial charge is 0.378 e. The summed E-state index contributed by atoms with van der Waals surface area (Å²) in [6.07, 6.45) is 1.04. The fourth-order valence-corrected chi connectivity index (χ4v) is 3.54. The van der Waals surface area contributed by atoms with E-state index in [0.717, 1.165) is 18.6 Å². The molecule has 1 N–H and O–H groups in total. The van der Waals surface area contributed by atoms with Crippen LogP contribution >= 0.6 is 0 Å². The molecule has 18 heavy (non-hydrogen) atoms. The standard InChI is InChI=1S/C13H19NO3S/c1-10-5-3-4-6-13(10)18(15,16)14-9-12-7-8-17-11(12)2/h3-6,11-12,14H,7-9H2,1-2H3. The van der Waals surface area contributed by atoms with E-state index in [-0.39, 0.29) is 12.0 Å². The molecule has 1 saturated heterocycles. The molecule has 2 rings (SSSR count). The van der Waals surface area contributed by atoms with Crippen LogP contribution in [0.2, 0.25) is 0 Å². The average molecular weight is 269 g/mol. The second kappa shape index (κ2) is 5.38. The van der Waals surface area contributed by atoms with Crippen LogP contribution in [0.1, 0.15) is 18.9 Å². The van der Waals surface area contributed by atoms with E-state index in [2.05, 4.69) is 4.72 Å². The number of hydrogen-bond donors (Lipinski definition) is 1. The minimum Gasteiger partial charge on any atom is -0.378 e. The molecule has 0 bridgehead atoms.